The van der Waals surface area contributed by atoms with E-state index in [1.54, 1.807) is 48.5 Å². The molecule has 0 radical (unpaired) electrons. The molecule has 2 aromatic carbocycles. The van der Waals surface area contributed by atoms with Gasteiger partial charge < -0.3 is 9.64 Å². The lowest BCUT2D eigenvalue weighted by Crippen LogP contribution is -2.53. The van der Waals surface area contributed by atoms with Crippen LogP contribution in [0.4, 0.5) is 13.2 Å². The van der Waals surface area contributed by atoms with E-state index in [1.165, 1.54) is 16.7 Å². The summed E-state index contributed by atoms with van der Waals surface area (Å²) in [6.45, 7) is 5.51. The Hall–Kier alpha value is -1.41. The third kappa shape index (κ3) is 7.28. The largest absolute Gasteiger partial charge is 0.391 e. The molecule has 3 atom stereocenters. The SMILES string of the molecule is CC(C)(C)SCC(CC(F)(F)F)N1C(=O)COC(c2cccc(Cl)c2)C1c1ccc(Cl)cc1. The fourth-order valence-corrected chi connectivity index (χ4v) is 5.16. The van der Waals surface area contributed by atoms with Crippen molar-refractivity contribution in [3.63, 3.8) is 0 Å². The first-order valence-corrected chi connectivity index (χ1v) is 12.2. The van der Waals surface area contributed by atoms with Gasteiger partial charge in [0.25, 0.3) is 0 Å². The van der Waals surface area contributed by atoms with Crippen LogP contribution in [0.25, 0.3) is 0 Å². The average molecular weight is 520 g/mol. The summed E-state index contributed by atoms with van der Waals surface area (Å²) in [4.78, 5) is 14.5. The number of hydrogen-bond donors (Lipinski definition) is 0. The van der Waals surface area contributed by atoms with Crippen LogP contribution < -0.4 is 0 Å². The smallest absolute Gasteiger partial charge is 0.361 e. The Balaban J connectivity index is 2.10. The van der Waals surface area contributed by atoms with E-state index in [9.17, 15) is 18.0 Å². The molecule has 0 aliphatic carbocycles. The maximum Gasteiger partial charge on any atom is 0.391 e. The maximum absolute atomic E-state index is 13.6. The van der Waals surface area contributed by atoms with Gasteiger partial charge in [-0.1, -0.05) is 68.2 Å². The van der Waals surface area contributed by atoms with E-state index in [-0.39, 0.29) is 17.1 Å². The van der Waals surface area contributed by atoms with Crippen molar-refractivity contribution in [2.24, 2.45) is 0 Å². The molecule has 1 aliphatic heterocycles. The molecule has 3 rings (SSSR count). The number of benzene rings is 2. The molecule has 0 aromatic heterocycles. The van der Waals surface area contributed by atoms with Crippen molar-refractivity contribution < 1.29 is 22.7 Å². The molecule has 1 fully saturated rings. The zero-order valence-electron chi connectivity index (χ0n) is 18.5. The summed E-state index contributed by atoms with van der Waals surface area (Å²) in [5, 5.41) is 0.965. The number of thioether (sulfide) groups is 1. The number of carbonyl (C=O) groups excluding carboxylic acids is 1. The Bertz CT molecular complexity index is 963. The van der Waals surface area contributed by atoms with Gasteiger partial charge in [0.15, 0.2) is 0 Å². The predicted molar refractivity (Wildman–Crippen MR) is 128 cm³/mol. The molecule has 0 bridgehead atoms. The van der Waals surface area contributed by atoms with Gasteiger partial charge in [0, 0.05) is 20.5 Å². The Labute approximate surface area is 206 Å². The topological polar surface area (TPSA) is 29.5 Å². The van der Waals surface area contributed by atoms with Crippen molar-refractivity contribution in [3.05, 3.63) is 69.7 Å². The van der Waals surface area contributed by atoms with Gasteiger partial charge in [0.1, 0.15) is 12.7 Å². The standard InChI is InChI=1S/C24H26Cl2F3NO2S/c1-23(2,3)33-14-19(12-24(27,28)29)30-20(31)13-32-22(16-5-4-6-18(26)11-16)21(30)15-7-9-17(25)10-8-15/h4-11,19,21-22H,12-14H2,1-3H3. The van der Waals surface area contributed by atoms with E-state index < -0.39 is 36.7 Å². The number of alkyl halides is 3. The molecule has 0 N–H and O–H groups in total. The second-order valence-corrected chi connectivity index (χ2v) is 11.7. The van der Waals surface area contributed by atoms with E-state index in [0.29, 0.717) is 21.2 Å². The molecule has 1 amide bonds. The summed E-state index contributed by atoms with van der Waals surface area (Å²) in [6.07, 6.45) is -6.22. The lowest BCUT2D eigenvalue weighted by molar-refractivity contribution is -0.176. The van der Waals surface area contributed by atoms with Crippen LogP contribution in [-0.2, 0) is 9.53 Å². The number of nitrogens with zero attached hydrogens (tertiary/aromatic N) is 1. The Morgan fingerprint density at radius 2 is 1.73 bits per heavy atom. The van der Waals surface area contributed by atoms with E-state index in [1.807, 2.05) is 20.8 Å². The van der Waals surface area contributed by atoms with Gasteiger partial charge in [0.05, 0.1) is 18.5 Å². The first-order valence-electron chi connectivity index (χ1n) is 10.5. The minimum Gasteiger partial charge on any atom is -0.361 e. The molecule has 9 heteroatoms. The van der Waals surface area contributed by atoms with Crippen molar-refractivity contribution in [2.75, 3.05) is 12.4 Å². The highest BCUT2D eigenvalue weighted by Gasteiger charge is 2.45. The van der Waals surface area contributed by atoms with Crippen LogP contribution in [0.2, 0.25) is 10.0 Å². The molecule has 33 heavy (non-hydrogen) atoms. The molecule has 3 unspecified atom stereocenters. The quantitative estimate of drug-likeness (QED) is 0.395. The van der Waals surface area contributed by atoms with Gasteiger partial charge in [-0.05, 0) is 35.4 Å². The van der Waals surface area contributed by atoms with E-state index >= 15 is 0 Å². The monoisotopic (exact) mass is 519 g/mol. The molecule has 0 saturated carbocycles. The minimum atomic E-state index is -4.43. The van der Waals surface area contributed by atoms with Gasteiger partial charge in [-0.25, -0.2) is 0 Å². The number of amides is 1. The second kappa shape index (κ2) is 10.5. The molecule has 0 spiro atoms. The number of ether oxygens (including phenoxy) is 1. The number of rotatable bonds is 6. The van der Waals surface area contributed by atoms with Crippen molar-refractivity contribution in [1.82, 2.24) is 4.90 Å². The van der Waals surface area contributed by atoms with Gasteiger partial charge in [-0.3, -0.25) is 4.79 Å². The summed E-state index contributed by atoms with van der Waals surface area (Å²) in [7, 11) is 0. The number of morpholine rings is 1. The highest BCUT2D eigenvalue weighted by Crippen LogP contribution is 2.44. The highest BCUT2D eigenvalue weighted by atomic mass is 35.5. The molecule has 1 saturated heterocycles. The van der Waals surface area contributed by atoms with Crippen molar-refractivity contribution in [1.29, 1.82) is 0 Å². The predicted octanol–water partition coefficient (Wildman–Crippen LogP) is 7.49. The average Bonchev–Trinajstić information content (AvgIpc) is 2.70. The molecule has 2 aromatic rings. The molecular weight excluding hydrogens is 494 g/mol. The zero-order chi connectivity index (χ0) is 24.4. The van der Waals surface area contributed by atoms with E-state index in [0.717, 1.165) is 0 Å². The van der Waals surface area contributed by atoms with Crippen LogP contribution in [-0.4, -0.2) is 40.1 Å². The van der Waals surface area contributed by atoms with Gasteiger partial charge in [-0.15, -0.1) is 0 Å². The van der Waals surface area contributed by atoms with Crippen LogP contribution in [0.1, 0.15) is 50.5 Å². The summed E-state index contributed by atoms with van der Waals surface area (Å²) >= 11 is 13.6. The second-order valence-electron chi connectivity index (χ2n) is 8.98. The first-order chi connectivity index (χ1) is 15.3. The summed E-state index contributed by atoms with van der Waals surface area (Å²) < 4.78 is 46.6. The van der Waals surface area contributed by atoms with Gasteiger partial charge >= 0.3 is 6.18 Å². The maximum atomic E-state index is 13.6. The third-order valence-corrected chi connectivity index (χ3v) is 7.12. The Morgan fingerprint density at radius 3 is 2.30 bits per heavy atom. The first kappa shape index (κ1) is 26.2. The number of halogens is 5. The molecular formula is C24H26Cl2F3NO2S. The number of carbonyl (C=O) groups is 1. The fourth-order valence-electron chi connectivity index (χ4n) is 3.87. The van der Waals surface area contributed by atoms with Crippen LogP contribution in [0.5, 0.6) is 0 Å². The Kier molecular flexibility index (Phi) is 8.31. The van der Waals surface area contributed by atoms with Crippen molar-refractivity contribution in [2.45, 2.75) is 56.3 Å². The molecule has 180 valence electrons. The van der Waals surface area contributed by atoms with Gasteiger partial charge in [-0.2, -0.15) is 24.9 Å². The van der Waals surface area contributed by atoms with Crippen LogP contribution in [0.3, 0.4) is 0 Å². The Morgan fingerprint density at radius 1 is 1.06 bits per heavy atom. The molecule has 1 heterocycles. The molecule has 1 aliphatic rings. The lowest BCUT2D eigenvalue weighted by Gasteiger charge is -2.46. The van der Waals surface area contributed by atoms with Crippen LogP contribution in [0, 0.1) is 0 Å². The van der Waals surface area contributed by atoms with E-state index in [4.69, 9.17) is 27.9 Å². The van der Waals surface area contributed by atoms with Gasteiger partial charge in [0.2, 0.25) is 5.91 Å². The number of hydrogen-bond acceptors (Lipinski definition) is 3. The normalized spacial score (nSPS) is 20.7. The zero-order valence-corrected chi connectivity index (χ0v) is 20.9. The highest BCUT2D eigenvalue weighted by molar-refractivity contribution is 8.00. The lowest BCUT2D eigenvalue weighted by atomic mass is 9.91. The summed E-state index contributed by atoms with van der Waals surface area (Å²) in [5.41, 5.74) is 1.33. The molecule has 3 nitrogen and oxygen atoms in total. The van der Waals surface area contributed by atoms with Crippen LogP contribution >= 0.6 is 35.0 Å². The minimum absolute atomic E-state index is 0.140. The van der Waals surface area contributed by atoms with Crippen LogP contribution in [0.15, 0.2) is 48.5 Å². The third-order valence-electron chi connectivity index (χ3n) is 5.22. The van der Waals surface area contributed by atoms with Crippen molar-refractivity contribution >= 4 is 40.9 Å². The fraction of sp³-hybridized carbons (Fsp3) is 0.458. The summed E-state index contributed by atoms with van der Waals surface area (Å²) in [6, 6.07) is 11.9. The van der Waals surface area contributed by atoms with Crippen molar-refractivity contribution in [3.8, 4) is 0 Å². The van der Waals surface area contributed by atoms with E-state index in [2.05, 4.69) is 0 Å². The summed E-state index contributed by atoms with van der Waals surface area (Å²) in [5.74, 6) is -0.335.